The second kappa shape index (κ2) is 6.17. The molecule has 0 aliphatic rings. The predicted octanol–water partition coefficient (Wildman–Crippen LogP) is 3.63. The van der Waals surface area contributed by atoms with Gasteiger partial charge in [-0.25, -0.2) is 0 Å². The Kier molecular flexibility index (Phi) is 6.02. The third-order valence-electron chi connectivity index (χ3n) is 2.18. The normalized spacial score (nSPS) is 11.7. The average Bonchev–Trinajstić information content (AvgIpc) is 1.96. The summed E-state index contributed by atoms with van der Waals surface area (Å²) in [4.78, 5) is 11.3. The maximum Gasteiger partial charge on any atom is 0.136 e. The summed E-state index contributed by atoms with van der Waals surface area (Å²) in [5.41, 5.74) is 0. The molecule has 0 amide bonds. The van der Waals surface area contributed by atoms with Crippen LogP contribution in [0.25, 0.3) is 0 Å². The molecular weight excluding hydrogens is 160 g/mol. The van der Waals surface area contributed by atoms with Gasteiger partial charge in [-0.15, -0.1) is 0 Å². The third-order valence-corrected chi connectivity index (χ3v) is 2.18. The van der Waals surface area contributed by atoms with E-state index in [2.05, 4.69) is 27.7 Å². The second-order valence-corrected chi connectivity index (χ2v) is 4.69. The van der Waals surface area contributed by atoms with E-state index < -0.39 is 0 Å². The first-order chi connectivity index (χ1) is 5.93. The van der Waals surface area contributed by atoms with Gasteiger partial charge in [0.05, 0.1) is 0 Å². The molecule has 0 saturated heterocycles. The van der Waals surface area contributed by atoms with Gasteiger partial charge < -0.3 is 0 Å². The molecule has 0 aromatic carbocycles. The lowest BCUT2D eigenvalue weighted by Gasteiger charge is -2.16. The summed E-state index contributed by atoms with van der Waals surface area (Å²) in [5.74, 6) is 2.71. The molecule has 0 bridgehead atoms. The lowest BCUT2D eigenvalue weighted by atomic mass is 9.88. The van der Waals surface area contributed by atoms with Crippen molar-refractivity contribution in [3.8, 4) is 0 Å². The molecule has 0 aliphatic heterocycles. The number of ketones is 1. The van der Waals surface area contributed by atoms with E-state index in [0.29, 0.717) is 11.8 Å². The molecule has 0 rings (SSSR count). The van der Waals surface area contributed by atoms with Gasteiger partial charge in [0.15, 0.2) is 0 Å². The minimum Gasteiger partial charge on any atom is -0.299 e. The van der Waals surface area contributed by atoms with Gasteiger partial charge in [-0.1, -0.05) is 27.7 Å². The predicted molar refractivity (Wildman–Crippen MR) is 57.5 cm³/mol. The Balaban J connectivity index is 3.88. The van der Waals surface area contributed by atoms with Crippen LogP contribution in [-0.4, -0.2) is 5.78 Å². The summed E-state index contributed by atoms with van der Waals surface area (Å²) < 4.78 is 0. The Labute approximate surface area is 82.9 Å². The molecule has 0 atom stereocenters. The Bertz CT molecular complexity index is 147. The van der Waals surface area contributed by atoms with Crippen LogP contribution in [0.3, 0.4) is 0 Å². The van der Waals surface area contributed by atoms with Crippen LogP contribution in [0.15, 0.2) is 0 Å². The summed E-state index contributed by atoms with van der Waals surface area (Å²) in [5, 5.41) is 0. The van der Waals surface area contributed by atoms with Crippen LogP contribution < -0.4 is 0 Å². The lowest BCUT2D eigenvalue weighted by molar-refractivity contribution is -0.115. The molecule has 77 valence electrons. The van der Waals surface area contributed by atoms with Crippen molar-refractivity contribution in [3.63, 3.8) is 0 Å². The maximum atomic E-state index is 11.3. The lowest BCUT2D eigenvalue weighted by Crippen LogP contribution is -2.12. The minimum absolute atomic E-state index is 0.286. The van der Waals surface area contributed by atoms with E-state index >= 15 is 0 Å². The fraction of sp³-hybridized carbons (Fsp3) is 0.833. The van der Waals surface area contributed by atoms with Crippen LogP contribution in [0.2, 0.25) is 0 Å². The average molecular weight is 183 g/mol. The first-order valence-electron chi connectivity index (χ1n) is 5.29. The molecule has 0 spiro atoms. The van der Waals surface area contributed by atoms with Gasteiger partial charge in [0.1, 0.15) is 5.78 Å². The second-order valence-electron chi connectivity index (χ2n) is 4.69. The van der Waals surface area contributed by atoms with Gasteiger partial charge in [0.25, 0.3) is 0 Å². The molecule has 0 aliphatic carbocycles. The Hall–Kier alpha value is -0.330. The smallest absolute Gasteiger partial charge is 0.136 e. The zero-order chi connectivity index (χ0) is 10.4. The topological polar surface area (TPSA) is 17.1 Å². The van der Waals surface area contributed by atoms with Crippen molar-refractivity contribution in [1.29, 1.82) is 0 Å². The number of hydrogen-bond donors (Lipinski definition) is 0. The monoisotopic (exact) mass is 183 g/mol. The molecule has 13 heavy (non-hydrogen) atoms. The molecule has 0 heterocycles. The Morgan fingerprint density at radius 2 is 1.62 bits per heavy atom. The van der Waals surface area contributed by atoms with Gasteiger partial charge in [-0.3, -0.25) is 4.79 Å². The maximum absolute atomic E-state index is 11.3. The first-order valence-corrected chi connectivity index (χ1v) is 5.29. The molecule has 1 radical (unpaired) electrons. The van der Waals surface area contributed by atoms with Gasteiger partial charge in [0.2, 0.25) is 0 Å². The molecule has 1 nitrogen and oxygen atoms in total. The fourth-order valence-electron chi connectivity index (χ4n) is 1.38. The largest absolute Gasteiger partial charge is 0.299 e. The highest BCUT2D eigenvalue weighted by Gasteiger charge is 2.16. The summed E-state index contributed by atoms with van der Waals surface area (Å²) >= 11 is 0. The minimum atomic E-state index is 0.286. The van der Waals surface area contributed by atoms with E-state index in [1.165, 1.54) is 0 Å². The molecule has 0 saturated carbocycles. The molecule has 0 N–H and O–H groups in total. The number of Topliss-reactive ketones (excluding diaryl/α,β-unsaturated/α-hetero) is 1. The summed E-state index contributed by atoms with van der Waals surface area (Å²) in [6.07, 6.45) is 3.11. The van der Waals surface area contributed by atoms with Gasteiger partial charge in [0, 0.05) is 5.92 Å². The van der Waals surface area contributed by atoms with E-state index in [0.717, 1.165) is 25.2 Å². The van der Waals surface area contributed by atoms with Crippen molar-refractivity contribution >= 4 is 5.78 Å². The Morgan fingerprint density at radius 3 is 1.92 bits per heavy atom. The first kappa shape index (κ1) is 12.7. The highest BCUT2D eigenvalue weighted by Crippen LogP contribution is 2.22. The summed E-state index contributed by atoms with van der Waals surface area (Å²) in [6, 6.07) is 0. The molecule has 0 aromatic rings. The van der Waals surface area contributed by atoms with Gasteiger partial charge in [-0.2, -0.15) is 0 Å². The Morgan fingerprint density at radius 1 is 1.08 bits per heavy atom. The van der Waals surface area contributed by atoms with Gasteiger partial charge >= 0.3 is 0 Å². The van der Waals surface area contributed by atoms with Gasteiger partial charge in [-0.05, 0) is 38.0 Å². The van der Waals surface area contributed by atoms with Crippen molar-refractivity contribution in [1.82, 2.24) is 0 Å². The van der Waals surface area contributed by atoms with Crippen LogP contribution in [-0.2, 0) is 4.79 Å². The van der Waals surface area contributed by atoms with Crippen LogP contribution >= 0.6 is 0 Å². The SMILES string of the molecule is CC(=O)[C](CCC(C)C)CC(C)C. The molecule has 0 unspecified atom stereocenters. The molecule has 0 aromatic heterocycles. The van der Waals surface area contributed by atoms with E-state index in [1.807, 2.05) is 0 Å². The highest BCUT2D eigenvalue weighted by molar-refractivity contribution is 5.89. The van der Waals surface area contributed by atoms with Crippen LogP contribution in [0.1, 0.15) is 53.9 Å². The molecular formula is C12H23O. The van der Waals surface area contributed by atoms with E-state index in [-0.39, 0.29) is 5.78 Å². The number of carbonyl (C=O) groups excluding carboxylic acids is 1. The van der Waals surface area contributed by atoms with Crippen LogP contribution in [0.5, 0.6) is 0 Å². The third kappa shape index (κ3) is 6.80. The zero-order valence-corrected chi connectivity index (χ0v) is 9.68. The standard InChI is InChI=1S/C12H23O/c1-9(2)6-7-12(11(5)13)8-10(3)4/h9-10H,6-8H2,1-5H3. The van der Waals surface area contributed by atoms with Crippen LogP contribution in [0.4, 0.5) is 0 Å². The molecule has 0 fully saturated rings. The summed E-state index contributed by atoms with van der Waals surface area (Å²) in [7, 11) is 0. The summed E-state index contributed by atoms with van der Waals surface area (Å²) in [6.45, 7) is 10.4. The van der Waals surface area contributed by atoms with E-state index in [1.54, 1.807) is 6.92 Å². The van der Waals surface area contributed by atoms with Crippen molar-refractivity contribution in [2.45, 2.75) is 53.9 Å². The van der Waals surface area contributed by atoms with Crippen molar-refractivity contribution in [2.24, 2.45) is 11.8 Å². The van der Waals surface area contributed by atoms with Crippen molar-refractivity contribution in [2.75, 3.05) is 0 Å². The number of hydrogen-bond acceptors (Lipinski definition) is 1. The quantitative estimate of drug-likeness (QED) is 0.614. The fourth-order valence-corrected chi connectivity index (χ4v) is 1.38. The number of rotatable bonds is 6. The van der Waals surface area contributed by atoms with E-state index in [9.17, 15) is 4.79 Å². The van der Waals surface area contributed by atoms with Crippen molar-refractivity contribution < 1.29 is 4.79 Å². The van der Waals surface area contributed by atoms with E-state index in [4.69, 9.17) is 0 Å². The highest BCUT2D eigenvalue weighted by atomic mass is 16.1. The van der Waals surface area contributed by atoms with Crippen LogP contribution in [0, 0.1) is 17.8 Å². The molecule has 1 heteroatoms. The van der Waals surface area contributed by atoms with Crippen molar-refractivity contribution in [3.05, 3.63) is 5.92 Å². The zero-order valence-electron chi connectivity index (χ0n) is 9.68. The number of carbonyl (C=O) groups is 1.